The Morgan fingerprint density at radius 1 is 1.27 bits per heavy atom. The van der Waals surface area contributed by atoms with Gasteiger partial charge >= 0.3 is 15.4 Å². The molecule has 130 valence electrons. The van der Waals surface area contributed by atoms with Crippen LogP contribution in [0, 0.1) is 23.7 Å². The first-order chi connectivity index (χ1) is 9.93. The molecule has 5 nitrogen and oxygen atoms in total. The van der Waals surface area contributed by atoms with E-state index in [0.717, 1.165) is 19.3 Å². The third-order valence-corrected chi connectivity index (χ3v) is 6.29. The van der Waals surface area contributed by atoms with Crippen molar-refractivity contribution in [2.75, 3.05) is 13.2 Å². The van der Waals surface area contributed by atoms with Crippen molar-refractivity contribution in [3.8, 4) is 0 Å². The minimum absolute atomic E-state index is 0.0164. The van der Waals surface area contributed by atoms with Gasteiger partial charge in [-0.3, -0.25) is 4.55 Å². The summed E-state index contributed by atoms with van der Waals surface area (Å²) >= 11 is 0. The highest BCUT2D eigenvalue weighted by Gasteiger charge is 2.48. The normalized spacial score (nSPS) is 39.7. The highest BCUT2D eigenvalue weighted by molar-refractivity contribution is 7.86. The molecule has 0 radical (unpaired) electrons. The second-order valence-electron chi connectivity index (χ2n) is 7.13. The number of alkyl halides is 2. The summed E-state index contributed by atoms with van der Waals surface area (Å²) in [6.45, 7) is 2.53. The lowest BCUT2D eigenvalue weighted by atomic mass is 9.58. The van der Waals surface area contributed by atoms with E-state index in [1.165, 1.54) is 0 Å². The molecule has 0 aromatic heterocycles. The van der Waals surface area contributed by atoms with Crippen LogP contribution < -0.4 is 0 Å². The lowest BCUT2D eigenvalue weighted by Crippen LogP contribution is -2.50. The van der Waals surface area contributed by atoms with Crippen LogP contribution in [0.2, 0.25) is 0 Å². The SMILES string of the molecule is CC1CC2CC(COCC(F)(F)S(=O)(=O)O)CC(C2)C1(C)O. The van der Waals surface area contributed by atoms with Gasteiger partial charge in [0.2, 0.25) is 0 Å². The van der Waals surface area contributed by atoms with Crippen LogP contribution in [0.15, 0.2) is 0 Å². The van der Waals surface area contributed by atoms with Crippen LogP contribution in [0.3, 0.4) is 0 Å². The van der Waals surface area contributed by atoms with E-state index in [0.29, 0.717) is 12.3 Å². The van der Waals surface area contributed by atoms with E-state index in [4.69, 9.17) is 9.29 Å². The summed E-state index contributed by atoms with van der Waals surface area (Å²) in [5.41, 5.74) is -0.756. The van der Waals surface area contributed by atoms with Crippen LogP contribution in [-0.4, -0.2) is 42.1 Å². The van der Waals surface area contributed by atoms with Crippen LogP contribution in [-0.2, 0) is 14.9 Å². The lowest BCUT2D eigenvalue weighted by Gasteiger charge is -2.50. The van der Waals surface area contributed by atoms with E-state index in [-0.39, 0.29) is 24.4 Å². The van der Waals surface area contributed by atoms with E-state index < -0.39 is 27.6 Å². The molecule has 2 N–H and O–H groups in total. The molecule has 0 amide bonds. The van der Waals surface area contributed by atoms with Gasteiger partial charge in [0.15, 0.2) is 0 Å². The molecule has 0 aromatic rings. The summed E-state index contributed by atoms with van der Waals surface area (Å²) in [7, 11) is -5.44. The maximum absolute atomic E-state index is 13.1. The fourth-order valence-electron chi connectivity index (χ4n) is 3.93. The van der Waals surface area contributed by atoms with E-state index in [9.17, 15) is 22.3 Å². The number of hydrogen-bond acceptors (Lipinski definition) is 4. The molecule has 2 saturated carbocycles. The monoisotopic (exact) mass is 342 g/mol. The topological polar surface area (TPSA) is 83.8 Å². The highest BCUT2D eigenvalue weighted by Crippen LogP contribution is 2.49. The van der Waals surface area contributed by atoms with Crippen molar-refractivity contribution < 1.29 is 31.6 Å². The number of halogens is 2. The predicted octanol–water partition coefficient (Wildman–Crippen LogP) is 2.31. The summed E-state index contributed by atoms with van der Waals surface area (Å²) in [6, 6.07) is 0. The zero-order valence-electron chi connectivity index (χ0n) is 12.8. The molecule has 2 bridgehead atoms. The first-order valence-electron chi connectivity index (χ1n) is 7.58. The fourth-order valence-corrected chi connectivity index (χ4v) is 4.16. The Labute approximate surface area is 129 Å². The first kappa shape index (κ1) is 18.0. The van der Waals surface area contributed by atoms with Crippen molar-refractivity contribution >= 4 is 10.1 Å². The molecule has 2 rings (SSSR count). The quantitative estimate of drug-likeness (QED) is 0.749. The van der Waals surface area contributed by atoms with Gasteiger partial charge < -0.3 is 9.84 Å². The zero-order chi connectivity index (χ0) is 16.8. The Kier molecular flexibility index (Phi) is 4.88. The van der Waals surface area contributed by atoms with E-state index in [1.807, 2.05) is 13.8 Å². The Bertz CT molecular complexity index is 503. The van der Waals surface area contributed by atoms with Crippen LogP contribution in [0.4, 0.5) is 8.78 Å². The Balaban J connectivity index is 1.89. The number of aliphatic hydroxyl groups is 1. The number of fused-ring (bicyclic) bond motifs is 2. The number of hydrogen-bond donors (Lipinski definition) is 2. The van der Waals surface area contributed by atoms with Crippen molar-refractivity contribution in [3.63, 3.8) is 0 Å². The highest BCUT2D eigenvalue weighted by atomic mass is 32.2. The van der Waals surface area contributed by atoms with Gasteiger partial charge in [0.05, 0.1) is 5.60 Å². The van der Waals surface area contributed by atoms with Crippen molar-refractivity contribution in [1.29, 1.82) is 0 Å². The summed E-state index contributed by atoms with van der Waals surface area (Å²) in [5, 5.41) is 6.28. The molecule has 8 heteroatoms. The van der Waals surface area contributed by atoms with Crippen LogP contribution in [0.25, 0.3) is 0 Å². The molecule has 2 aliphatic carbocycles. The molecule has 0 aromatic carbocycles. The van der Waals surface area contributed by atoms with Gasteiger partial charge in [-0.25, -0.2) is 0 Å². The molecule has 2 fully saturated rings. The summed E-state index contributed by atoms with van der Waals surface area (Å²) in [6.07, 6.45) is 3.37. The van der Waals surface area contributed by atoms with E-state index in [1.54, 1.807) is 0 Å². The maximum Gasteiger partial charge on any atom is 0.392 e. The molecule has 5 unspecified atom stereocenters. The lowest BCUT2D eigenvalue weighted by molar-refractivity contribution is -0.122. The second-order valence-corrected chi connectivity index (χ2v) is 8.67. The van der Waals surface area contributed by atoms with Gasteiger partial charge in [-0.15, -0.1) is 0 Å². The van der Waals surface area contributed by atoms with Crippen LogP contribution in [0.5, 0.6) is 0 Å². The van der Waals surface area contributed by atoms with Gasteiger partial charge in [0.1, 0.15) is 6.61 Å². The number of ether oxygens (including phenoxy) is 1. The first-order valence-corrected chi connectivity index (χ1v) is 9.02. The third-order valence-electron chi connectivity index (χ3n) is 5.41. The van der Waals surface area contributed by atoms with Crippen LogP contribution >= 0.6 is 0 Å². The summed E-state index contributed by atoms with van der Waals surface area (Å²) < 4.78 is 60.5. The second kappa shape index (κ2) is 5.96. The minimum Gasteiger partial charge on any atom is -0.390 e. The molecular formula is C14H24F2O5S. The molecule has 5 atom stereocenters. The van der Waals surface area contributed by atoms with Gasteiger partial charge in [0, 0.05) is 6.61 Å². The van der Waals surface area contributed by atoms with Crippen LogP contribution in [0.1, 0.15) is 39.5 Å². The van der Waals surface area contributed by atoms with Crippen molar-refractivity contribution in [2.24, 2.45) is 23.7 Å². The average molecular weight is 342 g/mol. The van der Waals surface area contributed by atoms with E-state index in [2.05, 4.69) is 0 Å². The molecule has 0 aliphatic heterocycles. The summed E-state index contributed by atoms with van der Waals surface area (Å²) in [5.74, 6) is 0.803. The minimum atomic E-state index is -5.44. The number of rotatable bonds is 5. The molecule has 22 heavy (non-hydrogen) atoms. The third kappa shape index (κ3) is 3.60. The fraction of sp³-hybridized carbons (Fsp3) is 1.00. The van der Waals surface area contributed by atoms with E-state index >= 15 is 0 Å². The van der Waals surface area contributed by atoms with Crippen molar-refractivity contribution in [2.45, 2.75) is 50.4 Å². The van der Waals surface area contributed by atoms with Gasteiger partial charge in [-0.05, 0) is 56.3 Å². The van der Waals surface area contributed by atoms with Crippen molar-refractivity contribution in [1.82, 2.24) is 0 Å². The Morgan fingerprint density at radius 2 is 1.91 bits per heavy atom. The van der Waals surface area contributed by atoms with Gasteiger partial charge in [0.25, 0.3) is 0 Å². The van der Waals surface area contributed by atoms with Crippen molar-refractivity contribution in [3.05, 3.63) is 0 Å². The Hall–Kier alpha value is -0.310. The molecular weight excluding hydrogens is 318 g/mol. The summed E-state index contributed by atoms with van der Waals surface area (Å²) in [4.78, 5) is 0. The molecule has 0 saturated heterocycles. The standard InChI is InChI=1S/C14H24F2O5S/c1-9-3-10-4-11(6-12(5-10)13(9,2)17)7-21-8-14(15,16)22(18,19)20/h9-12,17H,3-8H2,1-2H3,(H,18,19,20). The predicted molar refractivity (Wildman–Crippen MR) is 76.0 cm³/mol. The zero-order valence-corrected chi connectivity index (χ0v) is 13.7. The molecule has 0 heterocycles. The smallest absolute Gasteiger partial charge is 0.390 e. The largest absolute Gasteiger partial charge is 0.392 e. The maximum atomic E-state index is 13.1. The molecule has 2 aliphatic rings. The molecule has 0 spiro atoms. The average Bonchev–Trinajstić information content (AvgIpc) is 2.35. The van der Waals surface area contributed by atoms with Gasteiger partial charge in [-0.2, -0.15) is 17.2 Å². The Morgan fingerprint density at radius 3 is 2.50 bits per heavy atom. The van der Waals surface area contributed by atoms with Gasteiger partial charge in [-0.1, -0.05) is 6.92 Å².